The molecule has 0 atom stereocenters. The van der Waals surface area contributed by atoms with E-state index in [0.717, 1.165) is 70.6 Å². The number of nitrogens with zero attached hydrogens (tertiary/aromatic N) is 3. The summed E-state index contributed by atoms with van der Waals surface area (Å²) >= 11 is 0. The zero-order chi connectivity index (χ0) is 30.0. The standard InChI is InChI=1S/C41H30N3O.Pt/c45-38-17-4-3-13-35(38)40-43-39-34(27-11-7-12-28(21-27)36-15-5-6-20-42-36)14-8-16-37(39)44(40)33-19-18-31-25-41(26-32(31)22-33)23-29-9-1-2-10-30(29)24-41;/h1-20,22,45H,23-26H2;/q-1;. The van der Waals surface area contributed by atoms with Gasteiger partial charge in [0.05, 0.1) is 16.6 Å². The molecule has 226 valence electrons. The van der Waals surface area contributed by atoms with E-state index in [0.29, 0.717) is 5.56 Å². The first-order valence-electron chi connectivity index (χ1n) is 15.6. The summed E-state index contributed by atoms with van der Waals surface area (Å²) in [7, 11) is 0. The minimum atomic E-state index is 0. The average molecular weight is 776 g/mol. The van der Waals surface area contributed by atoms with Crippen LogP contribution < -0.4 is 0 Å². The molecule has 1 N–H and O–H groups in total. The average Bonchev–Trinajstić information content (AvgIpc) is 3.76. The smallest absolute Gasteiger partial charge is 0.148 e. The predicted molar refractivity (Wildman–Crippen MR) is 179 cm³/mol. The fraction of sp³-hybridized carbons (Fsp3) is 0.122. The van der Waals surface area contributed by atoms with Crippen LogP contribution in [0.5, 0.6) is 5.75 Å². The van der Waals surface area contributed by atoms with Crippen LogP contribution >= 0.6 is 0 Å². The number of pyridine rings is 1. The Morgan fingerprint density at radius 1 is 0.630 bits per heavy atom. The number of benzene rings is 5. The summed E-state index contributed by atoms with van der Waals surface area (Å²) in [5.41, 5.74) is 13.5. The number of fused-ring (bicyclic) bond motifs is 3. The van der Waals surface area contributed by atoms with Crippen molar-refractivity contribution in [3.63, 3.8) is 0 Å². The molecular formula is C41H30N3OPt-. The number of hydrogen-bond donors (Lipinski definition) is 1. The Labute approximate surface area is 282 Å². The van der Waals surface area contributed by atoms with Gasteiger partial charge in [-0.3, -0.25) is 9.55 Å². The summed E-state index contributed by atoms with van der Waals surface area (Å²) in [6, 6.07) is 45.3. The zero-order valence-electron chi connectivity index (χ0n) is 25.1. The van der Waals surface area contributed by atoms with Gasteiger partial charge in [0, 0.05) is 38.6 Å². The molecule has 0 radical (unpaired) electrons. The van der Waals surface area contributed by atoms with E-state index in [1.165, 1.54) is 22.3 Å². The molecule has 5 aromatic carbocycles. The van der Waals surface area contributed by atoms with Crippen LogP contribution in [0.3, 0.4) is 0 Å². The third kappa shape index (κ3) is 4.71. The molecule has 0 bridgehead atoms. The second kappa shape index (κ2) is 11.2. The van der Waals surface area contributed by atoms with Crippen LogP contribution in [-0.2, 0) is 46.7 Å². The minimum absolute atomic E-state index is 0. The van der Waals surface area contributed by atoms with Crippen LogP contribution in [0.4, 0.5) is 0 Å². The Bertz CT molecular complexity index is 2230. The zero-order valence-corrected chi connectivity index (χ0v) is 27.3. The summed E-state index contributed by atoms with van der Waals surface area (Å²) in [6.45, 7) is 0. The van der Waals surface area contributed by atoms with Crippen LogP contribution in [-0.4, -0.2) is 19.6 Å². The molecular weight excluding hydrogens is 746 g/mol. The normalized spacial score (nSPS) is 14.3. The molecule has 46 heavy (non-hydrogen) atoms. The monoisotopic (exact) mass is 775 g/mol. The van der Waals surface area contributed by atoms with E-state index >= 15 is 0 Å². The van der Waals surface area contributed by atoms with Gasteiger partial charge in [0.1, 0.15) is 11.6 Å². The minimum Gasteiger partial charge on any atom is -0.507 e. The fourth-order valence-electron chi connectivity index (χ4n) is 7.70. The molecule has 0 fully saturated rings. The summed E-state index contributed by atoms with van der Waals surface area (Å²) in [5, 5.41) is 11.0. The third-order valence-corrected chi connectivity index (χ3v) is 9.68. The van der Waals surface area contributed by atoms with Gasteiger partial charge in [0.2, 0.25) is 0 Å². The maximum absolute atomic E-state index is 11.0. The Morgan fingerprint density at radius 2 is 1.30 bits per heavy atom. The van der Waals surface area contributed by atoms with Crippen molar-refractivity contribution in [3.05, 3.63) is 156 Å². The van der Waals surface area contributed by atoms with Gasteiger partial charge in [-0.25, -0.2) is 4.98 Å². The maximum Gasteiger partial charge on any atom is 0.148 e. The Morgan fingerprint density at radius 3 is 2.09 bits per heavy atom. The maximum atomic E-state index is 11.0. The fourth-order valence-corrected chi connectivity index (χ4v) is 7.70. The summed E-state index contributed by atoms with van der Waals surface area (Å²) < 4.78 is 2.21. The van der Waals surface area contributed by atoms with Gasteiger partial charge in [-0.2, -0.15) is 0 Å². The molecule has 2 heterocycles. The molecule has 2 aliphatic rings. The largest absolute Gasteiger partial charge is 0.507 e. The number of para-hydroxylation sites is 2. The van der Waals surface area contributed by atoms with Crippen molar-refractivity contribution in [2.75, 3.05) is 0 Å². The SMILES string of the molecule is Oc1ccccc1-c1nc2c(-c3[c-]c(-c4ccccn4)ccc3)cccc2n1-c1ccc2c(c1)CC1(Cc3ccccc3C1)C2.[Pt]. The Hall–Kier alpha value is -4.79. The van der Waals surface area contributed by atoms with Gasteiger partial charge >= 0.3 is 0 Å². The Kier molecular flexibility index (Phi) is 6.99. The van der Waals surface area contributed by atoms with E-state index in [1.54, 1.807) is 12.3 Å². The molecule has 2 aliphatic carbocycles. The molecule has 0 amide bonds. The van der Waals surface area contributed by atoms with Gasteiger partial charge in [-0.15, -0.1) is 29.8 Å². The topological polar surface area (TPSA) is 50.9 Å². The molecule has 4 nitrogen and oxygen atoms in total. The first kappa shape index (κ1) is 28.7. The molecule has 1 spiro atoms. The van der Waals surface area contributed by atoms with Gasteiger partial charge in [0.15, 0.2) is 0 Å². The van der Waals surface area contributed by atoms with Crippen molar-refractivity contribution in [2.24, 2.45) is 5.41 Å². The van der Waals surface area contributed by atoms with Gasteiger partial charge in [-0.05, 0) is 89.8 Å². The van der Waals surface area contributed by atoms with Crippen molar-refractivity contribution < 1.29 is 26.2 Å². The van der Waals surface area contributed by atoms with Crippen molar-refractivity contribution in [1.29, 1.82) is 0 Å². The molecule has 5 heteroatoms. The number of phenols is 1. The molecule has 7 aromatic rings. The van der Waals surface area contributed by atoms with E-state index in [-0.39, 0.29) is 32.2 Å². The van der Waals surface area contributed by atoms with E-state index in [9.17, 15) is 5.11 Å². The molecule has 0 saturated carbocycles. The second-order valence-corrected chi connectivity index (χ2v) is 12.6. The van der Waals surface area contributed by atoms with Gasteiger partial charge in [-0.1, -0.05) is 77.9 Å². The van der Waals surface area contributed by atoms with Crippen molar-refractivity contribution in [3.8, 4) is 45.2 Å². The van der Waals surface area contributed by atoms with E-state index < -0.39 is 0 Å². The second-order valence-electron chi connectivity index (χ2n) is 12.6. The van der Waals surface area contributed by atoms with Crippen LogP contribution in [0.25, 0.3) is 50.5 Å². The number of aromatic nitrogens is 3. The summed E-state index contributed by atoms with van der Waals surface area (Å²) in [4.78, 5) is 9.80. The number of hydrogen-bond acceptors (Lipinski definition) is 3. The number of aromatic hydroxyl groups is 1. The van der Waals surface area contributed by atoms with E-state index in [1.807, 2.05) is 48.5 Å². The van der Waals surface area contributed by atoms with Crippen LogP contribution in [0.1, 0.15) is 22.3 Å². The van der Waals surface area contributed by atoms with Crippen LogP contribution in [0.15, 0.2) is 128 Å². The first-order chi connectivity index (χ1) is 22.1. The molecule has 0 saturated heterocycles. The quantitative estimate of drug-likeness (QED) is 0.182. The third-order valence-electron chi connectivity index (χ3n) is 9.68. The summed E-state index contributed by atoms with van der Waals surface area (Å²) in [6.07, 6.45) is 6.27. The van der Waals surface area contributed by atoms with Crippen LogP contribution in [0.2, 0.25) is 0 Å². The molecule has 0 unspecified atom stereocenters. The van der Waals surface area contributed by atoms with Crippen molar-refractivity contribution in [1.82, 2.24) is 14.5 Å². The van der Waals surface area contributed by atoms with Crippen molar-refractivity contribution >= 4 is 11.0 Å². The number of phenolic OH excluding ortho intramolecular Hbond substituents is 1. The summed E-state index contributed by atoms with van der Waals surface area (Å²) in [5.74, 6) is 0.931. The van der Waals surface area contributed by atoms with Crippen LogP contribution in [0, 0.1) is 11.5 Å². The Balaban J connectivity index is 0.00000312. The molecule has 0 aliphatic heterocycles. The van der Waals surface area contributed by atoms with Gasteiger partial charge < -0.3 is 5.11 Å². The van der Waals surface area contributed by atoms with E-state index in [4.69, 9.17) is 4.98 Å². The predicted octanol–water partition coefficient (Wildman–Crippen LogP) is 8.81. The number of rotatable bonds is 4. The molecule has 2 aromatic heterocycles. The van der Waals surface area contributed by atoms with Crippen molar-refractivity contribution in [2.45, 2.75) is 25.7 Å². The van der Waals surface area contributed by atoms with E-state index in [2.05, 4.69) is 82.3 Å². The first-order valence-corrected chi connectivity index (χ1v) is 15.6. The molecule has 9 rings (SSSR count). The number of imidazole rings is 1. The van der Waals surface area contributed by atoms with Gasteiger partial charge in [0.25, 0.3) is 0 Å².